The van der Waals surface area contributed by atoms with E-state index in [1.165, 1.54) is 11.6 Å². The maximum absolute atomic E-state index is 12.6. The predicted molar refractivity (Wildman–Crippen MR) is 115 cm³/mol. The van der Waals surface area contributed by atoms with Crippen LogP contribution in [-0.2, 0) is 23.0 Å². The first kappa shape index (κ1) is 21.6. The molecule has 2 heterocycles. The van der Waals surface area contributed by atoms with E-state index < -0.39 is 6.03 Å². The van der Waals surface area contributed by atoms with Crippen molar-refractivity contribution < 1.29 is 14.3 Å². The molecule has 0 radical (unpaired) electrons. The quantitative estimate of drug-likeness (QED) is 0.759. The van der Waals surface area contributed by atoms with Gasteiger partial charge in [-0.25, -0.2) is 4.79 Å². The van der Waals surface area contributed by atoms with Gasteiger partial charge in [0.25, 0.3) is 5.56 Å². The summed E-state index contributed by atoms with van der Waals surface area (Å²) >= 11 is 0. The van der Waals surface area contributed by atoms with Crippen LogP contribution in [0.1, 0.15) is 19.4 Å². The van der Waals surface area contributed by atoms with Crippen molar-refractivity contribution in [3.05, 3.63) is 52.4 Å². The van der Waals surface area contributed by atoms with Crippen LogP contribution in [-0.4, -0.2) is 53.8 Å². The number of aryl methyl sites for hydroxylation is 1. The summed E-state index contributed by atoms with van der Waals surface area (Å²) in [6, 6.07) is 8.82. The lowest BCUT2D eigenvalue weighted by Gasteiger charge is -2.40. The van der Waals surface area contributed by atoms with E-state index in [1.807, 2.05) is 38.1 Å². The summed E-state index contributed by atoms with van der Waals surface area (Å²) < 4.78 is 7.13. The molecular weight excluding hydrogens is 384 g/mol. The number of nitrogens with zero attached hydrogens (tertiary/aromatic N) is 2. The maximum atomic E-state index is 12.6. The zero-order valence-electron chi connectivity index (χ0n) is 17.8. The van der Waals surface area contributed by atoms with Crippen LogP contribution in [0.4, 0.5) is 10.5 Å². The number of likely N-dealkylation sites (tertiary alicyclic amines) is 1. The Balaban J connectivity index is 1.73. The predicted octanol–water partition coefficient (Wildman–Crippen LogP) is 1.98. The number of ether oxygens (including phenoxy) is 1. The third-order valence-electron chi connectivity index (χ3n) is 4.94. The molecule has 0 unspecified atom stereocenters. The summed E-state index contributed by atoms with van der Waals surface area (Å²) in [6.07, 6.45) is 2.30. The monoisotopic (exact) mass is 412 g/mol. The Labute approximate surface area is 175 Å². The van der Waals surface area contributed by atoms with E-state index in [-0.39, 0.29) is 29.4 Å². The van der Waals surface area contributed by atoms with Gasteiger partial charge >= 0.3 is 6.03 Å². The van der Waals surface area contributed by atoms with Crippen molar-refractivity contribution in [2.45, 2.75) is 32.5 Å². The van der Waals surface area contributed by atoms with Gasteiger partial charge in [-0.05, 0) is 31.0 Å². The van der Waals surface area contributed by atoms with E-state index in [9.17, 15) is 14.4 Å². The average Bonchev–Trinajstić information content (AvgIpc) is 2.67. The van der Waals surface area contributed by atoms with Crippen molar-refractivity contribution in [1.82, 2.24) is 14.8 Å². The fourth-order valence-corrected chi connectivity index (χ4v) is 3.40. The van der Waals surface area contributed by atoms with Gasteiger partial charge in [0.1, 0.15) is 5.69 Å². The Hall–Kier alpha value is -3.13. The number of benzene rings is 1. The summed E-state index contributed by atoms with van der Waals surface area (Å²) in [5.74, 6) is 0.0678. The lowest BCUT2D eigenvalue weighted by Crippen LogP contribution is -2.55. The topological polar surface area (TPSA) is 92.7 Å². The summed E-state index contributed by atoms with van der Waals surface area (Å²) in [7, 11) is 3.12. The van der Waals surface area contributed by atoms with E-state index >= 15 is 0 Å². The molecule has 8 heteroatoms. The number of hydrogen-bond acceptors (Lipinski definition) is 4. The minimum Gasteiger partial charge on any atom is -0.372 e. The molecule has 0 aliphatic carbocycles. The fourth-order valence-electron chi connectivity index (χ4n) is 3.40. The fraction of sp³-hybridized carbons (Fsp3) is 0.409. The molecule has 2 aromatic rings. The normalized spacial score (nSPS) is 13.8. The van der Waals surface area contributed by atoms with Gasteiger partial charge in [0.05, 0.1) is 18.6 Å². The number of aromatic nitrogens is 1. The van der Waals surface area contributed by atoms with Crippen LogP contribution < -0.4 is 16.2 Å². The van der Waals surface area contributed by atoms with Gasteiger partial charge in [0.2, 0.25) is 5.91 Å². The largest absolute Gasteiger partial charge is 0.372 e. The molecule has 3 amide bonds. The second-order valence-electron chi connectivity index (χ2n) is 7.75. The first-order valence-corrected chi connectivity index (χ1v) is 9.98. The van der Waals surface area contributed by atoms with E-state index in [0.717, 1.165) is 16.7 Å². The highest BCUT2D eigenvalue weighted by Crippen LogP contribution is 2.23. The number of pyridine rings is 1. The average molecular weight is 412 g/mol. The molecule has 160 valence electrons. The van der Waals surface area contributed by atoms with Gasteiger partial charge < -0.3 is 24.8 Å². The molecule has 1 fully saturated rings. The molecule has 1 aromatic carbocycles. The summed E-state index contributed by atoms with van der Waals surface area (Å²) in [6.45, 7) is 5.24. The Morgan fingerprint density at radius 1 is 1.20 bits per heavy atom. The summed E-state index contributed by atoms with van der Waals surface area (Å²) in [4.78, 5) is 38.3. The first-order chi connectivity index (χ1) is 14.3. The van der Waals surface area contributed by atoms with Crippen LogP contribution in [0, 0.1) is 0 Å². The van der Waals surface area contributed by atoms with E-state index in [2.05, 4.69) is 10.6 Å². The number of rotatable bonds is 6. The molecule has 0 atom stereocenters. The second kappa shape index (κ2) is 9.13. The second-order valence-corrected chi connectivity index (χ2v) is 7.75. The van der Waals surface area contributed by atoms with Gasteiger partial charge in [-0.1, -0.05) is 24.3 Å². The van der Waals surface area contributed by atoms with Crippen molar-refractivity contribution in [2.24, 2.45) is 7.05 Å². The number of anilines is 1. The third-order valence-corrected chi connectivity index (χ3v) is 4.94. The number of hydrogen-bond donors (Lipinski definition) is 2. The maximum Gasteiger partial charge on any atom is 0.319 e. The van der Waals surface area contributed by atoms with Crippen molar-refractivity contribution in [2.75, 3.05) is 25.5 Å². The highest BCUT2D eigenvalue weighted by Gasteiger charge is 2.31. The SMILES string of the molecule is CNC(=O)Nc1cc(-c2cccc(CC(=O)N3CC(OC(C)C)C3)c2)cn(C)c1=O. The van der Waals surface area contributed by atoms with E-state index in [4.69, 9.17) is 4.74 Å². The molecular formula is C22H28N4O4. The van der Waals surface area contributed by atoms with Crippen LogP contribution in [0.3, 0.4) is 0 Å². The Bertz CT molecular complexity index is 993. The van der Waals surface area contributed by atoms with Crippen molar-refractivity contribution in [3.8, 4) is 11.1 Å². The molecule has 2 N–H and O–H groups in total. The molecule has 1 saturated heterocycles. The third kappa shape index (κ3) is 5.07. The lowest BCUT2D eigenvalue weighted by atomic mass is 10.0. The number of urea groups is 1. The Kier molecular flexibility index (Phi) is 6.56. The Morgan fingerprint density at radius 3 is 2.60 bits per heavy atom. The molecule has 1 aromatic heterocycles. The number of carbonyl (C=O) groups is 2. The van der Waals surface area contributed by atoms with Crippen molar-refractivity contribution in [3.63, 3.8) is 0 Å². The van der Waals surface area contributed by atoms with Crippen molar-refractivity contribution in [1.29, 1.82) is 0 Å². The van der Waals surface area contributed by atoms with Crippen molar-refractivity contribution >= 4 is 17.6 Å². The van der Waals surface area contributed by atoms with Crippen LogP contribution >= 0.6 is 0 Å². The molecule has 8 nitrogen and oxygen atoms in total. The number of nitrogens with one attached hydrogen (secondary N) is 2. The van der Waals surface area contributed by atoms with Gasteiger partial charge in [-0.2, -0.15) is 0 Å². The van der Waals surface area contributed by atoms with Gasteiger partial charge in [-0.15, -0.1) is 0 Å². The zero-order valence-corrected chi connectivity index (χ0v) is 17.8. The van der Waals surface area contributed by atoms with Gasteiger partial charge in [0, 0.05) is 38.9 Å². The highest BCUT2D eigenvalue weighted by atomic mass is 16.5. The van der Waals surface area contributed by atoms with Crippen LogP contribution in [0.5, 0.6) is 0 Å². The number of carbonyl (C=O) groups excluding carboxylic acids is 2. The van der Waals surface area contributed by atoms with Gasteiger partial charge in [-0.3, -0.25) is 9.59 Å². The minimum atomic E-state index is -0.460. The molecule has 0 spiro atoms. The first-order valence-electron chi connectivity index (χ1n) is 9.98. The molecule has 30 heavy (non-hydrogen) atoms. The van der Waals surface area contributed by atoms with Crippen LogP contribution in [0.25, 0.3) is 11.1 Å². The standard InChI is InChI=1S/C22H28N4O4/c1-14(2)30-18-12-26(13-18)20(27)9-15-6-5-7-16(8-15)17-10-19(24-22(29)23-3)21(28)25(4)11-17/h5-8,10-11,14,18H,9,12-13H2,1-4H3,(H2,23,24,29). The van der Waals surface area contributed by atoms with E-state index in [1.54, 1.807) is 24.2 Å². The van der Waals surface area contributed by atoms with Crippen LogP contribution in [0.2, 0.25) is 0 Å². The molecule has 1 aliphatic rings. The summed E-state index contributed by atoms with van der Waals surface area (Å²) in [5.41, 5.74) is 2.41. The van der Waals surface area contributed by atoms with Crippen LogP contribution in [0.15, 0.2) is 41.3 Å². The summed E-state index contributed by atoms with van der Waals surface area (Å²) in [5, 5.41) is 4.99. The van der Waals surface area contributed by atoms with E-state index in [0.29, 0.717) is 19.5 Å². The lowest BCUT2D eigenvalue weighted by molar-refractivity contribution is -0.147. The number of amides is 3. The molecule has 0 saturated carbocycles. The molecule has 3 rings (SSSR count). The zero-order chi connectivity index (χ0) is 21.8. The minimum absolute atomic E-state index is 0.0678. The molecule has 1 aliphatic heterocycles. The Morgan fingerprint density at radius 2 is 1.93 bits per heavy atom. The molecule has 0 bridgehead atoms. The smallest absolute Gasteiger partial charge is 0.319 e. The highest BCUT2D eigenvalue weighted by molar-refractivity contribution is 5.89. The van der Waals surface area contributed by atoms with Gasteiger partial charge in [0.15, 0.2) is 0 Å².